The van der Waals surface area contributed by atoms with Gasteiger partial charge in [0, 0.05) is 11.6 Å². The summed E-state index contributed by atoms with van der Waals surface area (Å²) in [6, 6.07) is 16.9. The summed E-state index contributed by atoms with van der Waals surface area (Å²) in [5.74, 6) is 0.844. The predicted octanol–water partition coefficient (Wildman–Crippen LogP) is 4.03. The molecule has 0 unspecified atom stereocenters. The van der Waals surface area contributed by atoms with Crippen molar-refractivity contribution in [1.29, 1.82) is 0 Å². The maximum absolute atomic E-state index is 12.5. The molecule has 138 valence electrons. The number of carbonyl (C=O) groups excluding carboxylic acids is 1. The van der Waals surface area contributed by atoms with Gasteiger partial charge in [0.05, 0.1) is 36.4 Å². The summed E-state index contributed by atoms with van der Waals surface area (Å²) in [5, 5.41) is 6.91. The number of hydrogen-bond acceptors (Lipinski definition) is 6. The molecule has 0 bridgehead atoms. The van der Waals surface area contributed by atoms with Gasteiger partial charge in [-0.3, -0.25) is 9.78 Å². The van der Waals surface area contributed by atoms with Crippen LogP contribution in [0.2, 0.25) is 0 Å². The van der Waals surface area contributed by atoms with Gasteiger partial charge in [0.15, 0.2) is 0 Å². The summed E-state index contributed by atoms with van der Waals surface area (Å²) in [4.78, 5) is 25.4. The first kappa shape index (κ1) is 17.4. The quantitative estimate of drug-likeness (QED) is 0.551. The Kier molecular flexibility index (Phi) is 4.79. The predicted molar refractivity (Wildman–Crippen MR) is 108 cm³/mol. The number of amides is 1. The highest BCUT2D eigenvalue weighted by Gasteiger charge is 2.11. The van der Waals surface area contributed by atoms with Crippen molar-refractivity contribution in [2.24, 2.45) is 0 Å². The number of anilines is 3. The maximum Gasteiger partial charge on any atom is 0.275 e. The zero-order valence-corrected chi connectivity index (χ0v) is 15.1. The summed E-state index contributed by atoms with van der Waals surface area (Å²) in [6.45, 7) is 0. The van der Waals surface area contributed by atoms with Crippen molar-refractivity contribution < 1.29 is 9.53 Å². The third kappa shape index (κ3) is 3.59. The first-order valence-corrected chi connectivity index (χ1v) is 8.62. The number of para-hydroxylation sites is 3. The Morgan fingerprint density at radius 2 is 1.71 bits per heavy atom. The smallest absolute Gasteiger partial charge is 0.275 e. The van der Waals surface area contributed by atoms with Crippen molar-refractivity contribution in [1.82, 2.24) is 15.0 Å². The van der Waals surface area contributed by atoms with E-state index in [1.807, 2.05) is 48.5 Å². The van der Waals surface area contributed by atoms with Gasteiger partial charge < -0.3 is 15.4 Å². The molecule has 0 radical (unpaired) electrons. The molecule has 0 aliphatic rings. The van der Waals surface area contributed by atoms with Crippen molar-refractivity contribution in [2.45, 2.75) is 0 Å². The molecule has 0 spiro atoms. The molecule has 1 amide bonds. The molecular formula is C21H17N5O2. The summed E-state index contributed by atoms with van der Waals surface area (Å²) < 4.78 is 5.30. The summed E-state index contributed by atoms with van der Waals surface area (Å²) in [5.41, 5.74) is 2.32. The van der Waals surface area contributed by atoms with E-state index in [4.69, 9.17) is 4.74 Å². The van der Waals surface area contributed by atoms with Gasteiger partial charge in [0.25, 0.3) is 5.91 Å². The van der Waals surface area contributed by atoms with Gasteiger partial charge in [0.1, 0.15) is 17.3 Å². The molecule has 2 aromatic carbocycles. The molecule has 2 aromatic heterocycles. The van der Waals surface area contributed by atoms with Crippen molar-refractivity contribution >= 4 is 34.0 Å². The van der Waals surface area contributed by atoms with E-state index >= 15 is 0 Å². The minimum Gasteiger partial charge on any atom is -0.495 e. The number of pyridine rings is 1. The zero-order valence-electron chi connectivity index (χ0n) is 15.1. The van der Waals surface area contributed by atoms with Crippen molar-refractivity contribution in [3.05, 3.63) is 78.9 Å². The molecule has 4 rings (SSSR count). The molecule has 0 atom stereocenters. The van der Waals surface area contributed by atoms with Crippen LogP contribution in [-0.4, -0.2) is 28.0 Å². The Hall–Kier alpha value is -4.00. The summed E-state index contributed by atoms with van der Waals surface area (Å²) >= 11 is 0. The lowest BCUT2D eigenvalue weighted by Crippen LogP contribution is -2.14. The number of nitrogens with one attached hydrogen (secondary N) is 2. The van der Waals surface area contributed by atoms with Crippen LogP contribution in [0.15, 0.2) is 73.2 Å². The van der Waals surface area contributed by atoms with E-state index in [0.29, 0.717) is 17.3 Å². The second kappa shape index (κ2) is 7.71. The van der Waals surface area contributed by atoms with Crippen LogP contribution in [0.5, 0.6) is 5.75 Å². The molecule has 7 nitrogen and oxygen atoms in total. The topological polar surface area (TPSA) is 89.0 Å². The van der Waals surface area contributed by atoms with Crippen molar-refractivity contribution in [2.75, 3.05) is 17.7 Å². The average molecular weight is 371 g/mol. The van der Waals surface area contributed by atoms with E-state index in [1.165, 1.54) is 12.4 Å². The number of hydrogen-bond donors (Lipinski definition) is 2. The number of carbonyl (C=O) groups is 1. The Bertz CT molecular complexity index is 1120. The van der Waals surface area contributed by atoms with Gasteiger partial charge in [0.2, 0.25) is 0 Å². The van der Waals surface area contributed by atoms with Crippen LogP contribution in [0, 0.1) is 0 Å². The van der Waals surface area contributed by atoms with Crippen LogP contribution < -0.4 is 15.4 Å². The van der Waals surface area contributed by atoms with Gasteiger partial charge in [-0.05, 0) is 24.3 Å². The maximum atomic E-state index is 12.5. The Morgan fingerprint density at radius 1 is 0.893 bits per heavy atom. The number of ether oxygens (including phenoxy) is 1. The minimum atomic E-state index is -0.352. The highest BCUT2D eigenvalue weighted by Crippen LogP contribution is 2.26. The van der Waals surface area contributed by atoms with Gasteiger partial charge in [-0.15, -0.1) is 0 Å². The van der Waals surface area contributed by atoms with Gasteiger partial charge in [-0.1, -0.05) is 30.3 Å². The van der Waals surface area contributed by atoms with E-state index in [0.717, 1.165) is 16.6 Å². The molecule has 0 aliphatic heterocycles. The summed E-state index contributed by atoms with van der Waals surface area (Å²) in [6.07, 6.45) is 4.62. The van der Waals surface area contributed by atoms with Crippen LogP contribution in [0.25, 0.3) is 10.9 Å². The second-order valence-electron chi connectivity index (χ2n) is 5.95. The van der Waals surface area contributed by atoms with E-state index in [-0.39, 0.29) is 11.6 Å². The SMILES string of the molecule is COc1ccccc1Nc1cnc(C(=O)Nc2cccc3cccnc23)cn1. The van der Waals surface area contributed by atoms with Crippen LogP contribution in [-0.2, 0) is 0 Å². The fraction of sp³-hybridized carbons (Fsp3) is 0.0476. The Labute approximate surface area is 161 Å². The molecule has 7 heteroatoms. The number of rotatable bonds is 5. The number of aromatic nitrogens is 3. The monoisotopic (exact) mass is 371 g/mol. The fourth-order valence-corrected chi connectivity index (χ4v) is 2.79. The molecular weight excluding hydrogens is 354 g/mol. The normalized spacial score (nSPS) is 10.5. The molecule has 0 saturated heterocycles. The standard InChI is InChI=1S/C21H17N5O2/c1-28-18-10-3-2-8-15(18)25-19-13-23-17(12-24-19)21(27)26-16-9-4-6-14-7-5-11-22-20(14)16/h2-13H,1H3,(H,24,25)(H,26,27). The first-order valence-electron chi connectivity index (χ1n) is 8.62. The first-order chi connectivity index (χ1) is 13.7. The molecule has 2 N–H and O–H groups in total. The Morgan fingerprint density at radius 3 is 2.54 bits per heavy atom. The number of benzene rings is 2. The fourth-order valence-electron chi connectivity index (χ4n) is 2.79. The highest BCUT2D eigenvalue weighted by atomic mass is 16.5. The molecule has 0 saturated carbocycles. The number of nitrogens with zero attached hydrogens (tertiary/aromatic N) is 3. The number of methoxy groups -OCH3 is 1. The number of fused-ring (bicyclic) bond motifs is 1. The largest absolute Gasteiger partial charge is 0.495 e. The van der Waals surface area contributed by atoms with Crippen LogP contribution in [0.3, 0.4) is 0 Å². The van der Waals surface area contributed by atoms with E-state index < -0.39 is 0 Å². The lowest BCUT2D eigenvalue weighted by atomic mass is 10.2. The molecule has 2 heterocycles. The van der Waals surface area contributed by atoms with Crippen LogP contribution in [0.1, 0.15) is 10.5 Å². The lowest BCUT2D eigenvalue weighted by Gasteiger charge is -2.10. The third-order valence-corrected chi connectivity index (χ3v) is 4.14. The Balaban J connectivity index is 1.51. The van der Waals surface area contributed by atoms with E-state index in [1.54, 1.807) is 19.4 Å². The van der Waals surface area contributed by atoms with Gasteiger partial charge in [-0.25, -0.2) is 9.97 Å². The average Bonchev–Trinajstić information content (AvgIpc) is 2.75. The minimum absolute atomic E-state index is 0.207. The van der Waals surface area contributed by atoms with Crippen LogP contribution in [0.4, 0.5) is 17.2 Å². The van der Waals surface area contributed by atoms with E-state index in [2.05, 4.69) is 25.6 Å². The third-order valence-electron chi connectivity index (χ3n) is 4.14. The molecule has 4 aromatic rings. The van der Waals surface area contributed by atoms with Gasteiger partial charge in [-0.2, -0.15) is 0 Å². The zero-order chi connectivity index (χ0) is 19.3. The second-order valence-corrected chi connectivity index (χ2v) is 5.95. The molecule has 0 aliphatic carbocycles. The molecule has 28 heavy (non-hydrogen) atoms. The molecule has 0 fully saturated rings. The highest BCUT2D eigenvalue weighted by molar-refractivity contribution is 6.07. The van der Waals surface area contributed by atoms with Crippen molar-refractivity contribution in [3.63, 3.8) is 0 Å². The lowest BCUT2D eigenvalue weighted by molar-refractivity contribution is 0.102. The van der Waals surface area contributed by atoms with Crippen molar-refractivity contribution in [3.8, 4) is 5.75 Å². The summed E-state index contributed by atoms with van der Waals surface area (Å²) in [7, 11) is 1.60. The van der Waals surface area contributed by atoms with Crippen LogP contribution >= 0.6 is 0 Å². The van der Waals surface area contributed by atoms with Gasteiger partial charge >= 0.3 is 0 Å². The van der Waals surface area contributed by atoms with E-state index in [9.17, 15) is 4.79 Å².